The summed E-state index contributed by atoms with van der Waals surface area (Å²) < 4.78 is 5.81. The van der Waals surface area contributed by atoms with Crippen LogP contribution in [-0.4, -0.2) is 32.1 Å². The van der Waals surface area contributed by atoms with Crippen molar-refractivity contribution in [3.8, 4) is 5.75 Å². The molecule has 0 bridgehead atoms. The third kappa shape index (κ3) is 4.22. The molecule has 4 nitrogen and oxygen atoms in total. The van der Waals surface area contributed by atoms with Gasteiger partial charge < -0.3 is 15.0 Å². The van der Waals surface area contributed by atoms with Crippen LogP contribution in [0.5, 0.6) is 5.75 Å². The molecule has 27 heavy (non-hydrogen) atoms. The molecule has 0 saturated carbocycles. The Morgan fingerprint density at radius 1 is 1.15 bits per heavy atom. The van der Waals surface area contributed by atoms with Crippen LogP contribution in [0.3, 0.4) is 0 Å². The molecule has 1 amide bonds. The molecule has 2 heterocycles. The van der Waals surface area contributed by atoms with Gasteiger partial charge in [0.1, 0.15) is 5.75 Å². The molecule has 142 valence electrons. The highest BCUT2D eigenvalue weighted by Crippen LogP contribution is 2.28. The lowest BCUT2D eigenvalue weighted by Gasteiger charge is -2.29. The van der Waals surface area contributed by atoms with Gasteiger partial charge in [0, 0.05) is 31.2 Å². The van der Waals surface area contributed by atoms with E-state index >= 15 is 0 Å². The fourth-order valence-electron chi connectivity index (χ4n) is 3.89. The average Bonchev–Trinajstić information content (AvgIpc) is 2.73. The van der Waals surface area contributed by atoms with Crippen LogP contribution in [0.2, 0.25) is 5.02 Å². The van der Waals surface area contributed by atoms with Crippen molar-refractivity contribution in [3.05, 3.63) is 58.6 Å². The molecule has 0 spiro atoms. The molecule has 4 rings (SSSR count). The number of nitrogens with zero attached hydrogens (tertiary/aromatic N) is 1. The third-order valence-corrected chi connectivity index (χ3v) is 5.75. The Kier molecular flexibility index (Phi) is 5.53. The van der Waals surface area contributed by atoms with Crippen molar-refractivity contribution in [2.75, 3.05) is 31.1 Å². The van der Waals surface area contributed by atoms with E-state index in [1.165, 1.54) is 24.8 Å². The van der Waals surface area contributed by atoms with Crippen LogP contribution in [-0.2, 0) is 6.42 Å². The van der Waals surface area contributed by atoms with Crippen LogP contribution >= 0.6 is 11.6 Å². The Balaban J connectivity index is 1.39. The van der Waals surface area contributed by atoms with Gasteiger partial charge in [0.25, 0.3) is 5.91 Å². The zero-order valence-corrected chi connectivity index (χ0v) is 16.2. The van der Waals surface area contributed by atoms with Gasteiger partial charge in [-0.25, -0.2) is 0 Å². The molecule has 2 aliphatic rings. The van der Waals surface area contributed by atoms with Gasteiger partial charge in [-0.05, 0) is 55.5 Å². The van der Waals surface area contributed by atoms with E-state index < -0.39 is 0 Å². The fourth-order valence-corrected chi connectivity index (χ4v) is 4.09. The van der Waals surface area contributed by atoms with Crippen molar-refractivity contribution in [2.24, 2.45) is 5.92 Å². The number of halogens is 1. The predicted molar refractivity (Wildman–Crippen MR) is 109 cm³/mol. The van der Waals surface area contributed by atoms with Crippen LogP contribution in [0.25, 0.3) is 0 Å². The minimum atomic E-state index is -0.113. The number of amides is 1. The number of carbonyl (C=O) groups is 1. The zero-order valence-electron chi connectivity index (χ0n) is 15.4. The fraction of sp³-hybridized carbons (Fsp3) is 0.409. The lowest BCUT2D eigenvalue weighted by Crippen LogP contribution is -2.35. The number of piperidine rings is 1. The maximum Gasteiger partial charge on any atom is 0.252 e. The lowest BCUT2D eigenvalue weighted by atomic mass is 9.96. The Labute approximate surface area is 165 Å². The van der Waals surface area contributed by atoms with E-state index in [0.29, 0.717) is 23.7 Å². The first kappa shape index (κ1) is 18.2. The van der Waals surface area contributed by atoms with E-state index in [9.17, 15) is 4.79 Å². The van der Waals surface area contributed by atoms with Crippen molar-refractivity contribution in [3.63, 3.8) is 0 Å². The van der Waals surface area contributed by atoms with Crippen LogP contribution in [0, 0.1) is 5.92 Å². The standard InChI is InChI=1S/C22H25ClN2O2/c23-20-9-8-18(25-10-4-1-5-11-25)13-19(20)22(26)24-14-16-12-17-6-2-3-7-21(17)27-15-16/h2-3,6-9,13,16H,1,4-5,10-12,14-15H2,(H,24,26)/t16-/m1/s1. The van der Waals surface area contributed by atoms with Crippen LogP contribution in [0.15, 0.2) is 42.5 Å². The van der Waals surface area contributed by atoms with Crippen molar-refractivity contribution < 1.29 is 9.53 Å². The maximum absolute atomic E-state index is 12.7. The molecule has 0 aromatic heterocycles. The highest BCUT2D eigenvalue weighted by atomic mass is 35.5. The van der Waals surface area contributed by atoms with E-state index in [2.05, 4.69) is 16.3 Å². The SMILES string of the molecule is O=C(NC[C@@H]1COc2ccccc2C1)c1cc(N2CCCCC2)ccc1Cl. The quantitative estimate of drug-likeness (QED) is 0.853. The van der Waals surface area contributed by atoms with E-state index in [1.54, 1.807) is 0 Å². The van der Waals surface area contributed by atoms with E-state index in [-0.39, 0.29) is 11.8 Å². The monoisotopic (exact) mass is 384 g/mol. The normalized spacial score (nSPS) is 19.1. The molecule has 5 heteroatoms. The molecular weight excluding hydrogens is 360 g/mol. The predicted octanol–water partition coefficient (Wildman–Crippen LogP) is 4.31. The number of benzene rings is 2. The van der Waals surface area contributed by atoms with Gasteiger partial charge in [0.15, 0.2) is 0 Å². The smallest absolute Gasteiger partial charge is 0.252 e. The molecule has 2 aliphatic heterocycles. The first-order valence-corrected chi connectivity index (χ1v) is 10.1. The number of carbonyl (C=O) groups excluding carboxylic acids is 1. The van der Waals surface area contributed by atoms with Gasteiger partial charge in [0.05, 0.1) is 17.2 Å². The van der Waals surface area contributed by atoms with Crippen molar-refractivity contribution in [1.82, 2.24) is 5.32 Å². The first-order chi connectivity index (χ1) is 13.2. The molecule has 0 radical (unpaired) electrons. The highest BCUT2D eigenvalue weighted by molar-refractivity contribution is 6.34. The summed E-state index contributed by atoms with van der Waals surface area (Å²) in [5.74, 6) is 1.11. The number of nitrogens with one attached hydrogen (secondary N) is 1. The zero-order chi connectivity index (χ0) is 18.6. The lowest BCUT2D eigenvalue weighted by molar-refractivity contribution is 0.0939. The number of para-hydroxylation sites is 1. The second-order valence-corrected chi connectivity index (χ2v) is 7.82. The van der Waals surface area contributed by atoms with E-state index in [0.717, 1.165) is 30.9 Å². The summed E-state index contributed by atoms with van der Waals surface area (Å²) in [5, 5.41) is 3.55. The van der Waals surface area contributed by atoms with Gasteiger partial charge in [-0.2, -0.15) is 0 Å². The topological polar surface area (TPSA) is 41.6 Å². The summed E-state index contributed by atoms with van der Waals surface area (Å²) in [7, 11) is 0. The summed E-state index contributed by atoms with van der Waals surface area (Å²) in [6.45, 7) is 3.29. The number of ether oxygens (including phenoxy) is 1. The van der Waals surface area contributed by atoms with Crippen LogP contribution in [0.4, 0.5) is 5.69 Å². The Bertz CT molecular complexity index is 818. The van der Waals surface area contributed by atoms with E-state index in [1.807, 2.05) is 36.4 Å². The molecular formula is C22H25ClN2O2. The van der Waals surface area contributed by atoms with E-state index in [4.69, 9.17) is 16.3 Å². The van der Waals surface area contributed by atoms with Crippen LogP contribution in [0.1, 0.15) is 35.2 Å². The number of anilines is 1. The summed E-state index contributed by atoms with van der Waals surface area (Å²) >= 11 is 6.31. The minimum absolute atomic E-state index is 0.113. The maximum atomic E-state index is 12.7. The average molecular weight is 385 g/mol. The summed E-state index contributed by atoms with van der Waals surface area (Å²) in [4.78, 5) is 15.1. The van der Waals surface area contributed by atoms with Gasteiger partial charge in [-0.15, -0.1) is 0 Å². The number of hydrogen-bond acceptors (Lipinski definition) is 3. The molecule has 2 aromatic rings. The molecule has 1 saturated heterocycles. The largest absolute Gasteiger partial charge is 0.493 e. The Morgan fingerprint density at radius 3 is 2.81 bits per heavy atom. The summed E-state index contributed by atoms with van der Waals surface area (Å²) in [6, 6.07) is 13.9. The molecule has 2 aromatic carbocycles. The second kappa shape index (κ2) is 8.22. The minimum Gasteiger partial charge on any atom is -0.493 e. The summed E-state index contributed by atoms with van der Waals surface area (Å²) in [6.07, 6.45) is 4.60. The van der Waals surface area contributed by atoms with Gasteiger partial charge in [-0.1, -0.05) is 29.8 Å². The number of hydrogen-bond donors (Lipinski definition) is 1. The van der Waals surface area contributed by atoms with Crippen molar-refractivity contribution >= 4 is 23.2 Å². The second-order valence-electron chi connectivity index (χ2n) is 7.41. The molecule has 1 N–H and O–H groups in total. The van der Waals surface area contributed by atoms with Gasteiger partial charge in [0.2, 0.25) is 0 Å². The van der Waals surface area contributed by atoms with Crippen molar-refractivity contribution in [1.29, 1.82) is 0 Å². The first-order valence-electron chi connectivity index (χ1n) is 9.74. The van der Waals surface area contributed by atoms with Gasteiger partial charge in [-0.3, -0.25) is 4.79 Å². The summed E-state index contributed by atoms with van der Waals surface area (Å²) in [5.41, 5.74) is 2.84. The third-order valence-electron chi connectivity index (χ3n) is 5.42. The number of fused-ring (bicyclic) bond motifs is 1. The Hall–Kier alpha value is -2.20. The van der Waals surface area contributed by atoms with Gasteiger partial charge >= 0.3 is 0 Å². The molecule has 1 fully saturated rings. The van der Waals surface area contributed by atoms with Crippen LogP contribution < -0.4 is 15.0 Å². The number of rotatable bonds is 4. The molecule has 1 atom stereocenters. The molecule has 0 unspecified atom stereocenters. The Morgan fingerprint density at radius 2 is 1.96 bits per heavy atom. The molecule has 0 aliphatic carbocycles. The highest BCUT2D eigenvalue weighted by Gasteiger charge is 2.21. The van der Waals surface area contributed by atoms with Crippen molar-refractivity contribution in [2.45, 2.75) is 25.7 Å².